The maximum absolute atomic E-state index is 12.2. The number of carbonyl (C=O) groups is 1. The van der Waals surface area contributed by atoms with Gasteiger partial charge in [-0.1, -0.05) is 35.9 Å². The highest BCUT2D eigenvalue weighted by atomic mass is 35.5. The topological polar surface area (TPSA) is 64.3 Å². The molecule has 1 amide bonds. The molecule has 0 fully saturated rings. The smallest absolute Gasteiger partial charge is 0.224 e. The quantitative estimate of drug-likeness (QED) is 0.762. The minimum Gasteiger partial charge on any atom is -0.399 e. The van der Waals surface area contributed by atoms with Gasteiger partial charge in [0.1, 0.15) is 6.10 Å². The molecule has 2 unspecified atom stereocenters. The van der Waals surface area contributed by atoms with Gasteiger partial charge in [-0.15, -0.1) is 12.4 Å². The van der Waals surface area contributed by atoms with E-state index in [9.17, 15) is 4.79 Å². The van der Waals surface area contributed by atoms with Gasteiger partial charge < -0.3 is 15.8 Å². The monoisotopic (exact) mass is 368 g/mol. The van der Waals surface area contributed by atoms with Crippen LogP contribution in [0.1, 0.15) is 24.2 Å². The maximum atomic E-state index is 12.2. The van der Waals surface area contributed by atoms with E-state index in [1.54, 1.807) is 19.2 Å². The number of methoxy groups -OCH3 is 1. The van der Waals surface area contributed by atoms with Crippen molar-refractivity contribution in [3.05, 3.63) is 64.7 Å². The van der Waals surface area contributed by atoms with E-state index < -0.39 is 0 Å². The van der Waals surface area contributed by atoms with Gasteiger partial charge in [0.15, 0.2) is 0 Å². The van der Waals surface area contributed by atoms with Crippen molar-refractivity contribution in [2.45, 2.75) is 25.5 Å². The summed E-state index contributed by atoms with van der Waals surface area (Å²) < 4.78 is 5.53. The van der Waals surface area contributed by atoms with Crippen LogP contribution in [0.4, 0.5) is 5.69 Å². The molecule has 2 aromatic carbocycles. The summed E-state index contributed by atoms with van der Waals surface area (Å²) in [6.45, 7) is 1.92. The Labute approximate surface area is 153 Å². The second-order valence-corrected chi connectivity index (χ2v) is 5.92. The first kappa shape index (κ1) is 20.3. The van der Waals surface area contributed by atoms with E-state index >= 15 is 0 Å². The molecule has 4 nitrogen and oxygen atoms in total. The number of nitrogen functional groups attached to an aromatic ring is 1. The molecule has 6 heteroatoms. The summed E-state index contributed by atoms with van der Waals surface area (Å²) in [4.78, 5) is 12.2. The molecule has 0 bridgehead atoms. The number of nitrogens with one attached hydrogen (secondary N) is 1. The third kappa shape index (κ3) is 5.71. The van der Waals surface area contributed by atoms with Crippen molar-refractivity contribution >= 4 is 35.6 Å². The highest BCUT2D eigenvalue weighted by molar-refractivity contribution is 6.30. The molecular formula is C18H22Cl2N2O2. The van der Waals surface area contributed by atoms with E-state index in [4.69, 9.17) is 22.1 Å². The van der Waals surface area contributed by atoms with Crippen LogP contribution in [0.3, 0.4) is 0 Å². The second kappa shape index (κ2) is 9.52. The summed E-state index contributed by atoms with van der Waals surface area (Å²) in [6, 6.07) is 14.5. The zero-order valence-electron chi connectivity index (χ0n) is 13.7. The zero-order valence-corrected chi connectivity index (χ0v) is 15.2. The highest BCUT2D eigenvalue weighted by Gasteiger charge is 2.20. The summed E-state index contributed by atoms with van der Waals surface area (Å²) in [5.41, 5.74) is 8.22. The van der Waals surface area contributed by atoms with E-state index in [2.05, 4.69) is 5.32 Å². The number of benzene rings is 2. The number of hydrogen-bond donors (Lipinski definition) is 2. The van der Waals surface area contributed by atoms with E-state index in [-0.39, 0.29) is 30.5 Å². The molecule has 2 rings (SSSR count). The predicted octanol–water partition coefficient (Wildman–Crippen LogP) is 3.78. The van der Waals surface area contributed by atoms with Crippen molar-refractivity contribution in [1.29, 1.82) is 0 Å². The number of carbonyl (C=O) groups excluding carboxylic acids is 1. The van der Waals surface area contributed by atoms with Gasteiger partial charge in [-0.25, -0.2) is 0 Å². The van der Waals surface area contributed by atoms with Crippen LogP contribution in [0.5, 0.6) is 0 Å². The molecule has 3 N–H and O–H groups in total. The Morgan fingerprint density at radius 3 is 2.29 bits per heavy atom. The molecule has 0 aliphatic heterocycles. The fourth-order valence-corrected chi connectivity index (χ4v) is 2.61. The molecule has 0 aliphatic rings. The average molecular weight is 369 g/mol. The van der Waals surface area contributed by atoms with Crippen LogP contribution in [0.15, 0.2) is 48.5 Å². The number of nitrogens with two attached hydrogens (primary N) is 1. The molecular weight excluding hydrogens is 347 g/mol. The SMILES string of the molecule is COC(c1ccc(Cl)cc1)C(C)NC(=O)Cc1ccc(N)cc1.Cl. The Balaban J connectivity index is 0.00000288. The van der Waals surface area contributed by atoms with Gasteiger partial charge in [0.25, 0.3) is 0 Å². The molecule has 2 atom stereocenters. The van der Waals surface area contributed by atoms with Crippen LogP contribution in [0.2, 0.25) is 5.02 Å². The Morgan fingerprint density at radius 1 is 1.17 bits per heavy atom. The number of halogens is 2. The first-order valence-electron chi connectivity index (χ1n) is 7.41. The largest absolute Gasteiger partial charge is 0.399 e. The maximum Gasteiger partial charge on any atom is 0.224 e. The van der Waals surface area contributed by atoms with Crippen LogP contribution in [0, 0.1) is 0 Å². The van der Waals surface area contributed by atoms with Gasteiger partial charge in [0, 0.05) is 17.8 Å². The third-order valence-corrected chi connectivity index (χ3v) is 3.89. The summed E-state index contributed by atoms with van der Waals surface area (Å²) in [6.07, 6.45) is 0.0735. The van der Waals surface area contributed by atoms with E-state index in [1.165, 1.54) is 0 Å². The lowest BCUT2D eigenvalue weighted by Crippen LogP contribution is -2.38. The third-order valence-electron chi connectivity index (χ3n) is 3.64. The molecule has 24 heavy (non-hydrogen) atoms. The van der Waals surface area contributed by atoms with E-state index in [0.717, 1.165) is 11.1 Å². The average Bonchev–Trinajstić information content (AvgIpc) is 2.52. The number of hydrogen-bond acceptors (Lipinski definition) is 3. The Hall–Kier alpha value is -1.75. The van der Waals surface area contributed by atoms with Crippen LogP contribution >= 0.6 is 24.0 Å². The minimum atomic E-state index is -0.234. The van der Waals surface area contributed by atoms with Crippen LogP contribution in [0.25, 0.3) is 0 Å². The lowest BCUT2D eigenvalue weighted by molar-refractivity contribution is -0.122. The zero-order chi connectivity index (χ0) is 16.8. The van der Waals surface area contributed by atoms with Gasteiger partial charge >= 0.3 is 0 Å². The van der Waals surface area contributed by atoms with Gasteiger partial charge in [0.2, 0.25) is 5.91 Å². The lowest BCUT2D eigenvalue weighted by atomic mass is 10.0. The van der Waals surface area contributed by atoms with Crippen molar-refractivity contribution < 1.29 is 9.53 Å². The number of rotatable bonds is 6. The molecule has 0 radical (unpaired) electrons. The minimum absolute atomic E-state index is 0. The second-order valence-electron chi connectivity index (χ2n) is 5.48. The summed E-state index contributed by atoms with van der Waals surface area (Å²) in [5.74, 6) is -0.0571. The molecule has 0 heterocycles. The van der Waals surface area contributed by atoms with Gasteiger partial charge in [0.05, 0.1) is 12.5 Å². The molecule has 0 spiro atoms. The Kier molecular flexibility index (Phi) is 8.05. The van der Waals surface area contributed by atoms with Crippen LogP contribution in [-0.2, 0) is 16.0 Å². The van der Waals surface area contributed by atoms with Gasteiger partial charge in [-0.2, -0.15) is 0 Å². The fraction of sp³-hybridized carbons (Fsp3) is 0.278. The molecule has 0 saturated carbocycles. The van der Waals surface area contributed by atoms with Crippen LogP contribution in [-0.4, -0.2) is 19.1 Å². The van der Waals surface area contributed by atoms with Crippen molar-refractivity contribution in [1.82, 2.24) is 5.32 Å². The van der Waals surface area contributed by atoms with Gasteiger partial charge in [-0.3, -0.25) is 4.79 Å². The normalized spacial score (nSPS) is 12.8. The molecule has 0 aliphatic carbocycles. The van der Waals surface area contributed by atoms with Crippen LogP contribution < -0.4 is 11.1 Å². The Morgan fingerprint density at radius 2 is 1.75 bits per heavy atom. The molecule has 0 saturated heterocycles. The first-order chi connectivity index (χ1) is 11.0. The van der Waals surface area contributed by atoms with E-state index in [0.29, 0.717) is 17.1 Å². The summed E-state index contributed by atoms with van der Waals surface area (Å²) >= 11 is 5.91. The molecule has 130 valence electrons. The highest BCUT2D eigenvalue weighted by Crippen LogP contribution is 2.22. The predicted molar refractivity (Wildman–Crippen MR) is 101 cm³/mol. The number of anilines is 1. The van der Waals surface area contributed by atoms with Crippen molar-refractivity contribution in [2.75, 3.05) is 12.8 Å². The number of amides is 1. The van der Waals surface area contributed by atoms with Crippen molar-refractivity contribution in [3.8, 4) is 0 Å². The molecule has 2 aromatic rings. The van der Waals surface area contributed by atoms with E-state index in [1.807, 2.05) is 43.3 Å². The van der Waals surface area contributed by atoms with Crippen molar-refractivity contribution in [3.63, 3.8) is 0 Å². The fourth-order valence-electron chi connectivity index (χ4n) is 2.48. The lowest BCUT2D eigenvalue weighted by Gasteiger charge is -2.24. The van der Waals surface area contributed by atoms with Gasteiger partial charge in [-0.05, 0) is 42.3 Å². The summed E-state index contributed by atoms with van der Waals surface area (Å²) in [5, 5.41) is 3.65. The Bertz CT molecular complexity index is 645. The first-order valence-corrected chi connectivity index (χ1v) is 7.79. The van der Waals surface area contributed by atoms with Crippen molar-refractivity contribution in [2.24, 2.45) is 0 Å². The summed E-state index contributed by atoms with van der Waals surface area (Å²) in [7, 11) is 1.63. The number of ether oxygens (including phenoxy) is 1. The molecule has 0 aromatic heterocycles. The standard InChI is InChI=1S/C18H21ClN2O2.ClH/c1-12(18(23-2)14-5-7-15(19)8-6-14)21-17(22)11-13-3-9-16(20)10-4-13;/h3-10,12,18H,11,20H2,1-2H3,(H,21,22);1H.